The first-order valence-corrected chi connectivity index (χ1v) is 10.2. The number of nitrogens with one attached hydrogen (secondary N) is 1. The van der Waals surface area contributed by atoms with Gasteiger partial charge in [0.25, 0.3) is 0 Å². The van der Waals surface area contributed by atoms with Crippen molar-refractivity contribution in [1.82, 2.24) is 5.32 Å². The van der Waals surface area contributed by atoms with Crippen LogP contribution in [0.3, 0.4) is 0 Å². The minimum atomic E-state index is -1.03. The maximum absolute atomic E-state index is 11.8. The quantitative estimate of drug-likeness (QED) is 0.783. The van der Waals surface area contributed by atoms with E-state index in [1.165, 1.54) is 6.92 Å². The van der Waals surface area contributed by atoms with Gasteiger partial charge in [0, 0.05) is 12.5 Å². The molecule has 2 N–H and O–H groups in total. The van der Waals surface area contributed by atoms with Gasteiger partial charge in [-0.1, -0.05) is 49.4 Å². The fourth-order valence-corrected chi connectivity index (χ4v) is 3.83. The summed E-state index contributed by atoms with van der Waals surface area (Å²) in [6.07, 6.45) is -2.83. The second-order valence-electron chi connectivity index (χ2n) is 7.56. The monoisotopic (exact) mass is 413 g/mol. The van der Waals surface area contributed by atoms with Crippen LogP contribution in [0.25, 0.3) is 0 Å². The van der Waals surface area contributed by atoms with Gasteiger partial charge in [0.15, 0.2) is 6.29 Å². The summed E-state index contributed by atoms with van der Waals surface area (Å²) in [6, 6.07) is 16.4. The Hall–Kier alpha value is -2.45. The molecule has 0 unspecified atom stereocenters. The molecule has 0 aliphatic carbocycles. The molecule has 0 saturated carbocycles. The Morgan fingerprint density at radius 1 is 1.17 bits per heavy atom. The van der Waals surface area contributed by atoms with E-state index >= 15 is 0 Å². The number of aliphatic hydroxyl groups excluding tert-OH is 1. The SMILES string of the molecule is CCc1cccc(O[C@H]2O[C@H]3CO[C@H](c4ccccc4)O[C@@H]3[C@@H](O)[C@@H]2NC(C)=O)c1. The summed E-state index contributed by atoms with van der Waals surface area (Å²) < 4.78 is 24.0. The smallest absolute Gasteiger partial charge is 0.223 e. The van der Waals surface area contributed by atoms with Crippen LogP contribution in [-0.2, 0) is 25.4 Å². The van der Waals surface area contributed by atoms with Gasteiger partial charge in [0.05, 0.1) is 6.61 Å². The molecule has 0 spiro atoms. The van der Waals surface area contributed by atoms with E-state index in [-0.39, 0.29) is 12.5 Å². The molecule has 30 heavy (non-hydrogen) atoms. The molecule has 160 valence electrons. The van der Waals surface area contributed by atoms with Gasteiger partial charge in [-0.3, -0.25) is 4.79 Å². The van der Waals surface area contributed by atoms with Gasteiger partial charge >= 0.3 is 0 Å². The number of hydrogen-bond donors (Lipinski definition) is 2. The Bertz CT molecular complexity index is 860. The van der Waals surface area contributed by atoms with Crippen LogP contribution in [0.15, 0.2) is 54.6 Å². The number of aryl methyl sites for hydroxylation is 1. The summed E-state index contributed by atoms with van der Waals surface area (Å²) in [6.45, 7) is 3.69. The van der Waals surface area contributed by atoms with Crippen molar-refractivity contribution >= 4 is 5.91 Å². The summed E-state index contributed by atoms with van der Waals surface area (Å²) in [5.74, 6) is 0.323. The van der Waals surface area contributed by atoms with Crippen LogP contribution < -0.4 is 10.1 Å². The molecule has 0 bridgehead atoms. The van der Waals surface area contributed by atoms with Crippen molar-refractivity contribution in [3.8, 4) is 5.75 Å². The van der Waals surface area contributed by atoms with Crippen LogP contribution in [0.4, 0.5) is 0 Å². The predicted octanol–water partition coefficient (Wildman–Crippen LogP) is 2.33. The number of hydrogen-bond acceptors (Lipinski definition) is 6. The van der Waals surface area contributed by atoms with Crippen LogP contribution >= 0.6 is 0 Å². The number of fused-ring (bicyclic) bond motifs is 1. The molecular formula is C23H27NO6. The van der Waals surface area contributed by atoms with Crippen molar-refractivity contribution in [2.75, 3.05) is 6.61 Å². The minimum absolute atomic E-state index is 0.239. The Morgan fingerprint density at radius 2 is 1.97 bits per heavy atom. The first-order chi connectivity index (χ1) is 14.5. The van der Waals surface area contributed by atoms with E-state index < -0.39 is 36.9 Å². The number of benzene rings is 2. The van der Waals surface area contributed by atoms with E-state index in [0.29, 0.717) is 5.75 Å². The fraction of sp³-hybridized carbons (Fsp3) is 0.435. The maximum atomic E-state index is 11.8. The lowest BCUT2D eigenvalue weighted by atomic mass is 9.95. The number of carbonyl (C=O) groups excluding carboxylic acids is 1. The Morgan fingerprint density at radius 3 is 2.70 bits per heavy atom. The van der Waals surface area contributed by atoms with Crippen molar-refractivity contribution in [3.05, 3.63) is 65.7 Å². The lowest BCUT2D eigenvalue weighted by Gasteiger charge is -2.47. The standard InChI is InChI=1S/C23H27NO6/c1-3-15-8-7-11-17(12-15)28-23-19(24-14(2)25)20(26)21-18(29-23)13-27-22(30-21)16-9-5-4-6-10-16/h4-12,18-23,26H,3,13H2,1-2H3,(H,24,25)/t18-,19-,20-,21-,22-,23-/m0/s1. The molecule has 1 amide bonds. The maximum Gasteiger partial charge on any atom is 0.223 e. The average molecular weight is 413 g/mol. The zero-order valence-corrected chi connectivity index (χ0v) is 17.1. The molecule has 2 aliphatic rings. The summed E-state index contributed by atoms with van der Waals surface area (Å²) in [4.78, 5) is 11.8. The third-order valence-corrected chi connectivity index (χ3v) is 5.37. The molecule has 2 saturated heterocycles. The van der Waals surface area contributed by atoms with Crippen LogP contribution in [0.5, 0.6) is 5.75 Å². The number of aliphatic hydroxyl groups is 1. The Kier molecular flexibility index (Phi) is 6.34. The highest BCUT2D eigenvalue weighted by atomic mass is 16.7. The van der Waals surface area contributed by atoms with Crippen LogP contribution in [0.1, 0.15) is 31.3 Å². The minimum Gasteiger partial charge on any atom is -0.463 e. The third-order valence-electron chi connectivity index (χ3n) is 5.37. The number of ether oxygens (including phenoxy) is 4. The molecule has 2 aliphatic heterocycles. The Labute approximate surface area is 175 Å². The fourth-order valence-electron chi connectivity index (χ4n) is 3.83. The second kappa shape index (κ2) is 9.14. The number of amides is 1. The first-order valence-electron chi connectivity index (χ1n) is 10.2. The average Bonchev–Trinajstić information content (AvgIpc) is 2.77. The molecule has 0 aromatic heterocycles. The van der Waals surface area contributed by atoms with E-state index in [1.54, 1.807) is 0 Å². The normalized spacial score (nSPS) is 30.9. The first kappa shape index (κ1) is 20.8. The predicted molar refractivity (Wildman–Crippen MR) is 109 cm³/mol. The van der Waals surface area contributed by atoms with Crippen LogP contribution in [0, 0.1) is 0 Å². The molecule has 2 heterocycles. The number of carbonyl (C=O) groups is 1. The summed E-state index contributed by atoms with van der Waals surface area (Å²) in [5, 5.41) is 13.8. The molecule has 2 aromatic carbocycles. The molecule has 7 heteroatoms. The lowest BCUT2D eigenvalue weighted by Crippen LogP contribution is -2.67. The van der Waals surface area contributed by atoms with Gasteiger partial charge < -0.3 is 29.4 Å². The van der Waals surface area contributed by atoms with Gasteiger partial charge in [-0.2, -0.15) is 0 Å². The van der Waals surface area contributed by atoms with Gasteiger partial charge in [-0.05, 0) is 24.1 Å². The highest BCUT2D eigenvalue weighted by Gasteiger charge is 2.50. The largest absolute Gasteiger partial charge is 0.463 e. The van der Waals surface area contributed by atoms with E-state index in [2.05, 4.69) is 12.2 Å². The molecule has 0 radical (unpaired) electrons. The second-order valence-corrected chi connectivity index (χ2v) is 7.56. The zero-order chi connectivity index (χ0) is 21.1. The molecular weight excluding hydrogens is 386 g/mol. The van der Waals surface area contributed by atoms with Crippen molar-refractivity contribution in [1.29, 1.82) is 0 Å². The van der Waals surface area contributed by atoms with Crippen LogP contribution in [0.2, 0.25) is 0 Å². The van der Waals surface area contributed by atoms with E-state index in [9.17, 15) is 9.90 Å². The highest BCUT2D eigenvalue weighted by Crippen LogP contribution is 2.34. The van der Waals surface area contributed by atoms with Crippen molar-refractivity contribution < 1.29 is 28.8 Å². The van der Waals surface area contributed by atoms with Gasteiger partial charge in [-0.15, -0.1) is 0 Å². The topological polar surface area (TPSA) is 86.2 Å². The third kappa shape index (κ3) is 4.49. The van der Waals surface area contributed by atoms with Crippen molar-refractivity contribution in [2.45, 2.75) is 57.2 Å². The molecule has 2 aromatic rings. The van der Waals surface area contributed by atoms with Gasteiger partial charge in [0.1, 0.15) is 30.1 Å². The lowest BCUT2D eigenvalue weighted by molar-refractivity contribution is -0.333. The molecule has 7 nitrogen and oxygen atoms in total. The van der Waals surface area contributed by atoms with Crippen molar-refractivity contribution in [3.63, 3.8) is 0 Å². The van der Waals surface area contributed by atoms with E-state index in [4.69, 9.17) is 18.9 Å². The van der Waals surface area contributed by atoms with Crippen molar-refractivity contribution in [2.24, 2.45) is 0 Å². The number of rotatable bonds is 5. The van der Waals surface area contributed by atoms with E-state index in [0.717, 1.165) is 17.5 Å². The molecule has 4 rings (SSSR count). The summed E-state index contributed by atoms with van der Waals surface area (Å²) in [7, 11) is 0. The molecule has 6 atom stereocenters. The van der Waals surface area contributed by atoms with E-state index in [1.807, 2.05) is 54.6 Å². The van der Waals surface area contributed by atoms with Gasteiger partial charge in [-0.25, -0.2) is 0 Å². The summed E-state index contributed by atoms with van der Waals surface area (Å²) in [5.41, 5.74) is 1.97. The Balaban J connectivity index is 1.53. The zero-order valence-electron chi connectivity index (χ0n) is 17.1. The molecule has 2 fully saturated rings. The summed E-state index contributed by atoms with van der Waals surface area (Å²) >= 11 is 0. The van der Waals surface area contributed by atoms with Crippen LogP contribution in [-0.4, -0.2) is 48.3 Å². The van der Waals surface area contributed by atoms with Gasteiger partial charge in [0.2, 0.25) is 12.2 Å². The highest BCUT2D eigenvalue weighted by molar-refractivity contribution is 5.73.